The van der Waals surface area contributed by atoms with Crippen molar-refractivity contribution in [2.45, 2.75) is 25.8 Å². The van der Waals surface area contributed by atoms with Crippen molar-refractivity contribution in [1.29, 1.82) is 5.41 Å². The normalized spacial score (nSPS) is 17.9. The van der Waals surface area contributed by atoms with Gasteiger partial charge >= 0.3 is 6.18 Å². The van der Waals surface area contributed by atoms with E-state index in [1.165, 1.54) is 23.4 Å². The van der Waals surface area contributed by atoms with Gasteiger partial charge in [0.25, 0.3) is 0 Å². The summed E-state index contributed by atoms with van der Waals surface area (Å²) in [7, 11) is 1.61. The van der Waals surface area contributed by atoms with E-state index in [1.54, 1.807) is 14.0 Å². The average molecular weight is 468 g/mol. The lowest BCUT2D eigenvalue weighted by Crippen LogP contribution is -2.51. The number of aliphatic imine (C=N–C) groups is 1. The molecular formula is C20H27F3N8O2. The van der Waals surface area contributed by atoms with Crippen molar-refractivity contribution in [2.24, 2.45) is 10.7 Å². The summed E-state index contributed by atoms with van der Waals surface area (Å²) >= 11 is 0. The van der Waals surface area contributed by atoms with Crippen molar-refractivity contribution in [2.75, 3.05) is 26.7 Å². The smallest absolute Gasteiger partial charge is 0.404 e. The molecule has 1 saturated heterocycles. The number of carbonyl (C=O) groups excluding carboxylic acids is 1. The summed E-state index contributed by atoms with van der Waals surface area (Å²) in [5, 5.41) is 26.5. The summed E-state index contributed by atoms with van der Waals surface area (Å²) < 4.78 is 37.7. The van der Waals surface area contributed by atoms with Gasteiger partial charge in [0, 0.05) is 26.0 Å². The summed E-state index contributed by atoms with van der Waals surface area (Å²) in [6, 6.07) is 2.21. The fourth-order valence-corrected chi connectivity index (χ4v) is 2.82. The van der Waals surface area contributed by atoms with Gasteiger partial charge in [-0.15, -0.1) is 0 Å². The van der Waals surface area contributed by atoms with Crippen molar-refractivity contribution >= 4 is 18.0 Å². The van der Waals surface area contributed by atoms with Gasteiger partial charge in [-0.05, 0) is 30.3 Å². The van der Waals surface area contributed by atoms with E-state index >= 15 is 0 Å². The Balaban J connectivity index is 1.91. The van der Waals surface area contributed by atoms with Gasteiger partial charge in [0.15, 0.2) is 0 Å². The van der Waals surface area contributed by atoms with Gasteiger partial charge < -0.3 is 26.4 Å². The number of likely N-dealkylation sites (N-methyl/N-ethyl adjacent to an activating group) is 1. The number of alkyl halides is 3. The minimum atomic E-state index is -4.49. The lowest BCUT2D eigenvalue weighted by molar-refractivity contribution is -0.141. The topological polar surface area (TPSA) is 152 Å². The molecule has 2 rings (SSSR count). The van der Waals surface area contributed by atoms with Gasteiger partial charge in [0.2, 0.25) is 5.91 Å². The Bertz CT molecular complexity index is 942. The number of aromatic nitrogens is 1. The Morgan fingerprint density at radius 1 is 1.48 bits per heavy atom. The highest BCUT2D eigenvalue weighted by atomic mass is 19.4. The third-order valence-electron chi connectivity index (χ3n) is 4.59. The fraction of sp³-hybridized carbons (Fsp3) is 0.400. The molecule has 1 aliphatic rings. The zero-order valence-corrected chi connectivity index (χ0v) is 18.2. The molecule has 180 valence electrons. The molecule has 2 heterocycles. The van der Waals surface area contributed by atoms with Gasteiger partial charge in [0.1, 0.15) is 17.2 Å². The quantitative estimate of drug-likeness (QED) is 0.225. The van der Waals surface area contributed by atoms with Crippen LogP contribution >= 0.6 is 0 Å². The molecule has 1 aromatic rings. The van der Waals surface area contributed by atoms with E-state index in [2.05, 4.69) is 25.9 Å². The molecule has 7 N–H and O–H groups in total. The van der Waals surface area contributed by atoms with Crippen LogP contribution in [-0.2, 0) is 17.5 Å². The molecule has 0 bridgehead atoms. The summed E-state index contributed by atoms with van der Waals surface area (Å²) in [4.78, 5) is 20.8. The van der Waals surface area contributed by atoms with Crippen molar-refractivity contribution in [3.63, 3.8) is 0 Å². The minimum Gasteiger partial charge on any atom is -0.404 e. The number of piperazine rings is 1. The molecule has 1 fully saturated rings. The molecule has 1 atom stereocenters. The van der Waals surface area contributed by atoms with Crippen LogP contribution in [0.2, 0.25) is 0 Å². The number of hydrogen-bond donors (Lipinski definition) is 6. The number of amidine groups is 1. The molecule has 1 amide bonds. The first-order valence-corrected chi connectivity index (χ1v) is 9.91. The first-order chi connectivity index (χ1) is 15.5. The van der Waals surface area contributed by atoms with E-state index in [0.717, 1.165) is 12.3 Å². The van der Waals surface area contributed by atoms with Gasteiger partial charge in [-0.3, -0.25) is 25.5 Å². The van der Waals surface area contributed by atoms with Crippen LogP contribution in [0.3, 0.4) is 0 Å². The van der Waals surface area contributed by atoms with E-state index in [-0.39, 0.29) is 48.9 Å². The van der Waals surface area contributed by atoms with Crippen LogP contribution in [0.5, 0.6) is 0 Å². The lowest BCUT2D eigenvalue weighted by atomic mass is 10.2. The average Bonchev–Trinajstić information content (AvgIpc) is 2.76. The van der Waals surface area contributed by atoms with Crippen molar-refractivity contribution in [3.8, 4) is 0 Å². The highest BCUT2D eigenvalue weighted by Gasteiger charge is 2.32. The van der Waals surface area contributed by atoms with Gasteiger partial charge in [0.05, 0.1) is 31.6 Å². The van der Waals surface area contributed by atoms with Crippen LogP contribution < -0.4 is 21.7 Å². The van der Waals surface area contributed by atoms with Crippen LogP contribution in [-0.4, -0.2) is 65.9 Å². The Morgan fingerprint density at radius 3 is 2.79 bits per heavy atom. The van der Waals surface area contributed by atoms with E-state index in [9.17, 15) is 23.1 Å². The highest BCUT2D eigenvalue weighted by Crippen LogP contribution is 2.27. The van der Waals surface area contributed by atoms with Gasteiger partial charge in [-0.2, -0.15) is 13.2 Å². The van der Waals surface area contributed by atoms with Crippen molar-refractivity contribution < 1.29 is 23.1 Å². The molecule has 1 aliphatic heterocycles. The van der Waals surface area contributed by atoms with Crippen LogP contribution in [0, 0.1) is 5.41 Å². The Morgan fingerprint density at radius 2 is 2.21 bits per heavy atom. The fourth-order valence-electron chi connectivity index (χ4n) is 2.82. The molecule has 0 saturated carbocycles. The zero-order valence-electron chi connectivity index (χ0n) is 18.2. The second-order valence-corrected chi connectivity index (χ2v) is 7.27. The molecule has 0 aromatic carbocycles. The van der Waals surface area contributed by atoms with Crippen LogP contribution in [0.1, 0.15) is 18.2 Å². The standard InChI is InChI=1S/C20H27F3N8O2/c1-12(29-15(11-32)18-19(25)31(2)10-17(33)30-18)27-9-14(5-24)7-26-6-13-3-4-16(28-8-13)20(21,22)23/h3-5,7-8,12,25,27,29,32H,6,9-11,24H2,1-2H3,(H,30,33)/b14-5+,18-15+,25-19?,26-7?. The first-order valence-electron chi connectivity index (χ1n) is 9.91. The van der Waals surface area contributed by atoms with Gasteiger partial charge in [-0.1, -0.05) is 6.07 Å². The number of pyridine rings is 1. The van der Waals surface area contributed by atoms with Gasteiger partial charge in [-0.25, -0.2) is 0 Å². The second kappa shape index (κ2) is 11.4. The predicted octanol–water partition coefficient (Wildman–Crippen LogP) is 0.282. The number of nitrogens with one attached hydrogen (secondary N) is 4. The first kappa shape index (κ1) is 25.8. The third kappa shape index (κ3) is 7.57. The molecule has 0 spiro atoms. The van der Waals surface area contributed by atoms with Crippen LogP contribution in [0.15, 0.2) is 46.5 Å². The minimum absolute atomic E-state index is 0.0569. The summed E-state index contributed by atoms with van der Waals surface area (Å²) in [5.41, 5.74) is 6.26. The Kier molecular flexibility index (Phi) is 8.94. The summed E-state index contributed by atoms with van der Waals surface area (Å²) in [6.07, 6.45) is -0.906. The maximum atomic E-state index is 12.6. The number of nitrogens with two attached hydrogens (primary N) is 1. The second-order valence-electron chi connectivity index (χ2n) is 7.27. The SMILES string of the molecule is CC(NC/C(C=NCc1ccc(C(F)(F)F)nc1)=C/N)N/C(CO)=C1/NC(=O)CN(C)C1=N. The lowest BCUT2D eigenvalue weighted by Gasteiger charge is -2.30. The Labute approximate surface area is 189 Å². The highest BCUT2D eigenvalue weighted by molar-refractivity contribution is 6.04. The van der Waals surface area contributed by atoms with E-state index in [1.807, 2.05) is 0 Å². The molecule has 1 unspecified atom stereocenters. The maximum absolute atomic E-state index is 12.6. The largest absolute Gasteiger partial charge is 0.433 e. The van der Waals surface area contributed by atoms with E-state index in [0.29, 0.717) is 11.1 Å². The third-order valence-corrected chi connectivity index (χ3v) is 4.59. The number of aliphatic hydroxyl groups excluding tert-OH is 1. The molecule has 33 heavy (non-hydrogen) atoms. The Hall–Kier alpha value is -3.45. The van der Waals surface area contributed by atoms with Crippen molar-refractivity contribution in [1.82, 2.24) is 25.8 Å². The van der Waals surface area contributed by atoms with E-state index in [4.69, 9.17) is 11.1 Å². The molecule has 10 nitrogen and oxygen atoms in total. The molecular weight excluding hydrogens is 441 g/mol. The molecule has 0 aliphatic carbocycles. The summed E-state index contributed by atoms with van der Waals surface area (Å²) in [5.74, 6) is -0.213. The monoisotopic (exact) mass is 468 g/mol. The van der Waals surface area contributed by atoms with Crippen LogP contribution in [0.25, 0.3) is 0 Å². The molecule has 0 radical (unpaired) electrons. The zero-order chi connectivity index (χ0) is 24.6. The number of rotatable bonds is 9. The summed E-state index contributed by atoms with van der Waals surface area (Å²) in [6.45, 7) is 1.83. The molecule has 1 aromatic heterocycles. The number of carbonyl (C=O) groups is 1. The predicted molar refractivity (Wildman–Crippen MR) is 117 cm³/mol. The number of aliphatic hydroxyl groups is 1. The number of hydrogen-bond acceptors (Lipinski definition) is 8. The number of nitrogens with zero attached hydrogens (tertiary/aromatic N) is 3. The maximum Gasteiger partial charge on any atom is 0.433 e. The molecule has 13 heteroatoms. The van der Waals surface area contributed by atoms with E-state index < -0.39 is 18.5 Å². The number of halogens is 3. The number of amides is 1. The van der Waals surface area contributed by atoms with Crippen molar-refractivity contribution in [3.05, 3.63) is 52.8 Å². The van der Waals surface area contributed by atoms with Crippen LogP contribution in [0.4, 0.5) is 13.2 Å².